The molecule has 0 amide bonds. The number of thiazole rings is 1. The summed E-state index contributed by atoms with van der Waals surface area (Å²) < 4.78 is 13.4. The van der Waals surface area contributed by atoms with Gasteiger partial charge in [0.15, 0.2) is 5.13 Å². The standard InChI is InChI=1S/C14H15FN2O2S/c1-8-9(15)5-4-6-10(8)16-13-17-11(7-20-13)14(2,3)12(18)19/h4-7H,1-3H3,(H,16,17)(H,18,19). The minimum Gasteiger partial charge on any atom is -0.481 e. The molecule has 6 heteroatoms. The number of anilines is 2. The lowest BCUT2D eigenvalue weighted by Crippen LogP contribution is -2.28. The summed E-state index contributed by atoms with van der Waals surface area (Å²) in [6, 6.07) is 4.75. The zero-order valence-electron chi connectivity index (χ0n) is 11.4. The minimum absolute atomic E-state index is 0.294. The van der Waals surface area contributed by atoms with Crippen LogP contribution < -0.4 is 5.32 Å². The van der Waals surface area contributed by atoms with Gasteiger partial charge in [0.05, 0.1) is 5.69 Å². The van der Waals surface area contributed by atoms with Crippen molar-refractivity contribution in [2.45, 2.75) is 26.2 Å². The number of carboxylic acid groups (broad SMARTS) is 1. The van der Waals surface area contributed by atoms with E-state index in [1.54, 1.807) is 38.3 Å². The highest BCUT2D eigenvalue weighted by atomic mass is 32.1. The molecular weight excluding hydrogens is 279 g/mol. The predicted octanol–water partition coefficient (Wildman–Crippen LogP) is 3.70. The lowest BCUT2D eigenvalue weighted by atomic mass is 9.90. The molecule has 1 heterocycles. The van der Waals surface area contributed by atoms with Gasteiger partial charge in [-0.25, -0.2) is 9.37 Å². The van der Waals surface area contributed by atoms with Crippen LogP contribution >= 0.6 is 11.3 Å². The molecule has 0 bridgehead atoms. The molecule has 0 aliphatic heterocycles. The summed E-state index contributed by atoms with van der Waals surface area (Å²) in [4.78, 5) is 15.5. The Labute approximate surface area is 120 Å². The fraction of sp³-hybridized carbons (Fsp3) is 0.286. The Morgan fingerprint density at radius 2 is 2.15 bits per heavy atom. The van der Waals surface area contributed by atoms with Crippen LogP contribution in [0.15, 0.2) is 23.6 Å². The summed E-state index contributed by atoms with van der Waals surface area (Å²) in [5.74, 6) is -1.23. The highest BCUT2D eigenvalue weighted by Crippen LogP contribution is 2.30. The second-order valence-electron chi connectivity index (χ2n) is 5.01. The summed E-state index contributed by atoms with van der Waals surface area (Å²) in [6.45, 7) is 4.87. The van der Waals surface area contributed by atoms with Crippen LogP contribution in [0.2, 0.25) is 0 Å². The molecule has 0 saturated heterocycles. The first-order valence-corrected chi connectivity index (χ1v) is 6.92. The van der Waals surface area contributed by atoms with E-state index in [9.17, 15) is 9.18 Å². The van der Waals surface area contributed by atoms with Crippen molar-refractivity contribution in [3.63, 3.8) is 0 Å². The van der Waals surface area contributed by atoms with Crippen LogP contribution in [0.1, 0.15) is 25.1 Å². The van der Waals surface area contributed by atoms with Crippen molar-refractivity contribution in [2.24, 2.45) is 0 Å². The van der Waals surface area contributed by atoms with Crippen molar-refractivity contribution >= 4 is 28.1 Å². The molecule has 0 fully saturated rings. The summed E-state index contributed by atoms with van der Waals surface area (Å²) in [7, 11) is 0. The third kappa shape index (κ3) is 2.65. The number of nitrogens with zero attached hydrogens (tertiary/aromatic N) is 1. The molecule has 20 heavy (non-hydrogen) atoms. The van der Waals surface area contributed by atoms with Crippen LogP contribution in [0.4, 0.5) is 15.2 Å². The van der Waals surface area contributed by atoms with E-state index in [0.29, 0.717) is 22.1 Å². The number of carboxylic acids is 1. The Bertz CT molecular complexity index is 652. The summed E-state index contributed by atoms with van der Waals surface area (Å²) in [5, 5.41) is 14.4. The van der Waals surface area contributed by atoms with Crippen LogP contribution in [-0.2, 0) is 10.2 Å². The molecule has 0 radical (unpaired) electrons. The maximum atomic E-state index is 13.4. The van der Waals surface area contributed by atoms with Crippen molar-refractivity contribution in [1.82, 2.24) is 4.98 Å². The third-order valence-corrected chi connectivity index (χ3v) is 3.95. The average Bonchev–Trinajstić information content (AvgIpc) is 2.84. The lowest BCUT2D eigenvalue weighted by Gasteiger charge is -2.15. The van der Waals surface area contributed by atoms with Crippen molar-refractivity contribution < 1.29 is 14.3 Å². The van der Waals surface area contributed by atoms with Gasteiger partial charge in [-0.2, -0.15) is 0 Å². The largest absolute Gasteiger partial charge is 0.481 e. The molecule has 4 nitrogen and oxygen atoms in total. The van der Waals surface area contributed by atoms with Crippen molar-refractivity contribution in [2.75, 3.05) is 5.32 Å². The fourth-order valence-electron chi connectivity index (χ4n) is 1.59. The highest BCUT2D eigenvalue weighted by Gasteiger charge is 2.32. The quantitative estimate of drug-likeness (QED) is 0.902. The number of hydrogen-bond donors (Lipinski definition) is 2. The Kier molecular flexibility index (Phi) is 3.76. The monoisotopic (exact) mass is 294 g/mol. The summed E-state index contributed by atoms with van der Waals surface area (Å²) in [6.07, 6.45) is 0. The smallest absolute Gasteiger partial charge is 0.315 e. The van der Waals surface area contributed by atoms with Crippen molar-refractivity contribution in [3.8, 4) is 0 Å². The van der Waals surface area contributed by atoms with Gasteiger partial charge >= 0.3 is 5.97 Å². The molecule has 2 rings (SSSR count). The Morgan fingerprint density at radius 1 is 1.45 bits per heavy atom. The fourth-order valence-corrected chi connectivity index (χ4v) is 2.48. The molecule has 2 aromatic rings. The number of carbonyl (C=O) groups is 1. The van der Waals surface area contributed by atoms with E-state index in [1.165, 1.54) is 17.4 Å². The van der Waals surface area contributed by atoms with Gasteiger partial charge in [0.2, 0.25) is 0 Å². The normalized spacial score (nSPS) is 11.4. The minimum atomic E-state index is -1.05. The first-order chi connectivity index (χ1) is 9.32. The Hall–Kier alpha value is -1.95. The van der Waals surface area contributed by atoms with E-state index in [4.69, 9.17) is 5.11 Å². The third-order valence-electron chi connectivity index (χ3n) is 3.19. The van der Waals surface area contributed by atoms with Crippen LogP contribution in [0.25, 0.3) is 0 Å². The molecule has 1 aromatic carbocycles. The number of aliphatic carboxylic acids is 1. The number of halogens is 1. The highest BCUT2D eigenvalue weighted by molar-refractivity contribution is 7.13. The predicted molar refractivity (Wildman–Crippen MR) is 77.2 cm³/mol. The van der Waals surface area contributed by atoms with Crippen molar-refractivity contribution in [1.29, 1.82) is 0 Å². The first-order valence-electron chi connectivity index (χ1n) is 6.04. The van der Waals surface area contributed by atoms with Gasteiger partial charge in [0.1, 0.15) is 11.2 Å². The lowest BCUT2D eigenvalue weighted by molar-refractivity contribution is -0.142. The number of rotatable bonds is 4. The van der Waals surface area contributed by atoms with Crippen LogP contribution in [0.5, 0.6) is 0 Å². The molecule has 106 valence electrons. The summed E-state index contributed by atoms with van der Waals surface area (Å²) in [5.41, 5.74) is 0.556. The number of hydrogen-bond acceptors (Lipinski definition) is 4. The number of benzene rings is 1. The van der Waals surface area contributed by atoms with E-state index in [1.807, 2.05) is 0 Å². The van der Waals surface area contributed by atoms with Crippen molar-refractivity contribution in [3.05, 3.63) is 40.7 Å². The molecule has 0 unspecified atom stereocenters. The zero-order valence-corrected chi connectivity index (χ0v) is 12.2. The van der Waals surface area contributed by atoms with E-state index in [0.717, 1.165) is 0 Å². The molecule has 0 spiro atoms. The average molecular weight is 294 g/mol. The molecule has 0 aliphatic carbocycles. The molecule has 2 N–H and O–H groups in total. The van der Waals surface area contributed by atoms with Gasteiger partial charge in [-0.1, -0.05) is 6.07 Å². The van der Waals surface area contributed by atoms with Gasteiger partial charge in [0, 0.05) is 16.6 Å². The number of nitrogens with one attached hydrogen (secondary N) is 1. The van der Waals surface area contributed by atoms with Crippen LogP contribution in [-0.4, -0.2) is 16.1 Å². The molecular formula is C14H15FN2O2S. The Morgan fingerprint density at radius 3 is 2.80 bits per heavy atom. The van der Waals surface area contributed by atoms with Gasteiger partial charge in [-0.05, 0) is 32.9 Å². The first kappa shape index (κ1) is 14.5. The van der Waals surface area contributed by atoms with Gasteiger partial charge in [-0.15, -0.1) is 11.3 Å². The van der Waals surface area contributed by atoms with Crippen LogP contribution in [0.3, 0.4) is 0 Å². The second-order valence-corrected chi connectivity index (χ2v) is 5.86. The molecule has 0 saturated carbocycles. The molecule has 0 aliphatic rings. The SMILES string of the molecule is Cc1c(F)cccc1Nc1nc(C(C)(C)C(=O)O)cs1. The van der Waals surface area contributed by atoms with Gasteiger partial charge in [-0.3, -0.25) is 4.79 Å². The van der Waals surface area contributed by atoms with E-state index in [2.05, 4.69) is 10.3 Å². The van der Waals surface area contributed by atoms with E-state index < -0.39 is 11.4 Å². The Balaban J connectivity index is 2.26. The van der Waals surface area contributed by atoms with Gasteiger partial charge < -0.3 is 10.4 Å². The van der Waals surface area contributed by atoms with E-state index >= 15 is 0 Å². The van der Waals surface area contributed by atoms with E-state index in [-0.39, 0.29) is 5.82 Å². The van der Waals surface area contributed by atoms with Gasteiger partial charge in [0.25, 0.3) is 0 Å². The maximum absolute atomic E-state index is 13.4. The molecule has 0 atom stereocenters. The second kappa shape index (κ2) is 5.20. The zero-order chi connectivity index (χ0) is 14.9. The molecule has 1 aromatic heterocycles. The topological polar surface area (TPSA) is 62.2 Å². The summed E-state index contributed by atoms with van der Waals surface area (Å²) >= 11 is 1.30. The number of aromatic nitrogens is 1. The van der Waals surface area contributed by atoms with Crippen LogP contribution in [0, 0.1) is 12.7 Å². The maximum Gasteiger partial charge on any atom is 0.315 e.